The van der Waals surface area contributed by atoms with E-state index in [1.807, 2.05) is 12.1 Å². The van der Waals surface area contributed by atoms with Crippen molar-refractivity contribution >= 4 is 67.9 Å². The molecule has 5 nitrogen and oxygen atoms in total. The number of carbonyl (C=O) groups excluding carboxylic acids is 1. The number of benzene rings is 2. The minimum atomic E-state index is -1.06. The smallest absolute Gasteiger partial charge is 0.335 e. The first-order chi connectivity index (χ1) is 12.4. The number of thiocarbonyl (C=S) groups is 1. The summed E-state index contributed by atoms with van der Waals surface area (Å²) in [5, 5.41) is 9.14. The molecule has 0 unspecified atom stereocenters. The number of carboxylic acids is 1. The lowest BCUT2D eigenvalue weighted by Crippen LogP contribution is -2.27. The Hall–Kier alpha value is -2.16. The molecule has 8 heteroatoms. The molecule has 1 heterocycles. The summed E-state index contributed by atoms with van der Waals surface area (Å²) in [4.78, 5) is 25.8. The Morgan fingerprint density at radius 2 is 2.08 bits per heavy atom. The number of anilines is 1. The number of ether oxygens (including phenoxy) is 1. The number of amides is 1. The van der Waals surface area contributed by atoms with Crippen molar-refractivity contribution in [3.05, 3.63) is 63.0 Å². The lowest BCUT2D eigenvalue weighted by molar-refractivity contribution is -0.113. The summed E-state index contributed by atoms with van der Waals surface area (Å²) in [5.41, 5.74) is 1.26. The van der Waals surface area contributed by atoms with Gasteiger partial charge in [0.2, 0.25) is 0 Å². The van der Waals surface area contributed by atoms with Crippen LogP contribution in [0, 0.1) is 0 Å². The second-order valence-corrected chi connectivity index (χ2v) is 7.85. The Morgan fingerprint density at radius 1 is 1.31 bits per heavy atom. The monoisotopic (exact) mass is 449 g/mol. The van der Waals surface area contributed by atoms with Crippen LogP contribution in [-0.4, -0.2) is 28.4 Å². The summed E-state index contributed by atoms with van der Waals surface area (Å²) < 4.78 is 6.53. The molecule has 0 saturated carbocycles. The zero-order valence-corrected chi connectivity index (χ0v) is 16.7. The van der Waals surface area contributed by atoms with Gasteiger partial charge in [-0.3, -0.25) is 9.69 Å². The second-order valence-electron chi connectivity index (χ2n) is 5.26. The van der Waals surface area contributed by atoms with Gasteiger partial charge in [0.1, 0.15) is 5.75 Å². The number of hydrogen-bond acceptors (Lipinski definition) is 5. The number of thioether (sulfide) groups is 1. The van der Waals surface area contributed by atoms with Crippen molar-refractivity contribution in [1.29, 1.82) is 0 Å². The molecule has 1 saturated heterocycles. The zero-order chi connectivity index (χ0) is 18.8. The number of carboxylic acid groups (broad SMARTS) is 1. The third kappa shape index (κ3) is 3.67. The van der Waals surface area contributed by atoms with Gasteiger partial charge in [0.05, 0.1) is 23.3 Å². The van der Waals surface area contributed by atoms with E-state index in [1.165, 1.54) is 17.0 Å². The van der Waals surface area contributed by atoms with Gasteiger partial charge in [-0.15, -0.1) is 0 Å². The number of nitrogens with zero attached hydrogens (tertiary/aromatic N) is 1. The quantitative estimate of drug-likeness (QED) is 0.544. The first-order valence-corrected chi connectivity index (χ1v) is 9.37. The molecule has 1 aliphatic rings. The van der Waals surface area contributed by atoms with E-state index < -0.39 is 5.97 Å². The van der Waals surface area contributed by atoms with Crippen LogP contribution in [0.4, 0.5) is 5.69 Å². The molecular formula is C18H12BrNO4S2. The molecule has 0 spiro atoms. The van der Waals surface area contributed by atoms with E-state index in [1.54, 1.807) is 31.4 Å². The topological polar surface area (TPSA) is 66.8 Å². The van der Waals surface area contributed by atoms with Crippen molar-refractivity contribution in [2.24, 2.45) is 0 Å². The minimum Gasteiger partial charge on any atom is -0.496 e. The van der Waals surface area contributed by atoms with Crippen LogP contribution in [0.3, 0.4) is 0 Å². The van der Waals surface area contributed by atoms with Crippen LogP contribution in [0.25, 0.3) is 6.08 Å². The van der Waals surface area contributed by atoms with Gasteiger partial charge in [0, 0.05) is 10.0 Å². The molecule has 0 bridgehead atoms. The predicted molar refractivity (Wildman–Crippen MR) is 110 cm³/mol. The standard InChI is InChI=1S/C18H12BrNO4S2/c1-24-14-6-5-12(19)7-11(14)9-15-16(21)20(18(25)26-15)13-4-2-3-10(8-13)17(22)23/h2-9H,1H3,(H,22,23)/b15-9-. The van der Waals surface area contributed by atoms with Crippen molar-refractivity contribution in [3.63, 3.8) is 0 Å². The molecule has 0 aliphatic carbocycles. The van der Waals surface area contributed by atoms with Crippen molar-refractivity contribution in [2.45, 2.75) is 0 Å². The summed E-state index contributed by atoms with van der Waals surface area (Å²) in [6.07, 6.45) is 1.71. The average molecular weight is 450 g/mol. The van der Waals surface area contributed by atoms with E-state index in [0.29, 0.717) is 20.7 Å². The molecule has 1 fully saturated rings. The fraction of sp³-hybridized carbons (Fsp3) is 0.0556. The Labute approximate surface area is 167 Å². The van der Waals surface area contributed by atoms with E-state index >= 15 is 0 Å². The number of halogens is 1. The van der Waals surface area contributed by atoms with Crippen LogP contribution in [-0.2, 0) is 4.79 Å². The predicted octanol–water partition coefficient (Wildman–Crippen LogP) is 4.56. The fourth-order valence-electron chi connectivity index (χ4n) is 2.43. The van der Waals surface area contributed by atoms with Crippen LogP contribution < -0.4 is 9.64 Å². The lowest BCUT2D eigenvalue weighted by Gasteiger charge is -2.14. The Kier molecular flexibility index (Phi) is 5.45. The molecule has 2 aromatic carbocycles. The Balaban J connectivity index is 1.98. The highest BCUT2D eigenvalue weighted by atomic mass is 79.9. The minimum absolute atomic E-state index is 0.0918. The van der Waals surface area contributed by atoms with Crippen molar-refractivity contribution in [3.8, 4) is 5.75 Å². The Morgan fingerprint density at radius 3 is 2.77 bits per heavy atom. The van der Waals surface area contributed by atoms with Gasteiger partial charge < -0.3 is 9.84 Å². The highest BCUT2D eigenvalue weighted by Crippen LogP contribution is 2.37. The van der Waals surface area contributed by atoms with E-state index in [0.717, 1.165) is 21.8 Å². The van der Waals surface area contributed by atoms with Crippen LogP contribution in [0.5, 0.6) is 5.75 Å². The SMILES string of the molecule is COc1ccc(Br)cc1/C=C1\SC(=S)N(c2cccc(C(=O)O)c2)C1=O. The average Bonchev–Trinajstić information content (AvgIpc) is 2.89. The number of methoxy groups -OCH3 is 1. The molecule has 3 rings (SSSR count). The van der Waals surface area contributed by atoms with Crippen LogP contribution >= 0.6 is 39.9 Å². The van der Waals surface area contributed by atoms with Crippen molar-refractivity contribution in [1.82, 2.24) is 0 Å². The van der Waals surface area contributed by atoms with Crippen LogP contribution in [0.1, 0.15) is 15.9 Å². The molecule has 26 heavy (non-hydrogen) atoms. The largest absolute Gasteiger partial charge is 0.496 e. The molecule has 0 aromatic heterocycles. The highest BCUT2D eigenvalue weighted by molar-refractivity contribution is 9.10. The second kappa shape index (κ2) is 7.61. The lowest BCUT2D eigenvalue weighted by atomic mass is 10.1. The molecule has 132 valence electrons. The first-order valence-electron chi connectivity index (χ1n) is 7.35. The third-order valence-corrected chi connectivity index (χ3v) is 5.42. The molecule has 2 aromatic rings. The van der Waals surface area contributed by atoms with Gasteiger partial charge in [-0.2, -0.15) is 0 Å². The van der Waals surface area contributed by atoms with Crippen molar-refractivity contribution in [2.75, 3.05) is 12.0 Å². The van der Waals surface area contributed by atoms with Crippen molar-refractivity contribution < 1.29 is 19.4 Å². The number of hydrogen-bond donors (Lipinski definition) is 1. The maximum atomic E-state index is 12.8. The number of carbonyl (C=O) groups is 2. The molecular weight excluding hydrogens is 438 g/mol. The first kappa shape index (κ1) is 18.6. The molecule has 0 radical (unpaired) electrons. The number of aromatic carboxylic acids is 1. The summed E-state index contributed by atoms with van der Waals surface area (Å²) in [7, 11) is 1.56. The van der Waals surface area contributed by atoms with Gasteiger partial charge in [-0.25, -0.2) is 4.79 Å². The van der Waals surface area contributed by atoms with Gasteiger partial charge in [-0.05, 0) is 42.5 Å². The Bertz CT molecular complexity index is 958. The molecule has 1 amide bonds. The van der Waals surface area contributed by atoms with E-state index in [-0.39, 0.29) is 11.5 Å². The molecule has 0 atom stereocenters. The van der Waals surface area contributed by atoms with E-state index in [4.69, 9.17) is 22.1 Å². The maximum absolute atomic E-state index is 12.8. The van der Waals surface area contributed by atoms with Gasteiger partial charge in [0.15, 0.2) is 4.32 Å². The summed E-state index contributed by atoms with van der Waals surface area (Å²) in [5.74, 6) is -0.734. The normalized spacial score (nSPS) is 15.6. The zero-order valence-electron chi connectivity index (χ0n) is 13.4. The molecule has 1 aliphatic heterocycles. The van der Waals surface area contributed by atoms with Gasteiger partial charge in [-0.1, -0.05) is 46.0 Å². The van der Waals surface area contributed by atoms with Gasteiger partial charge >= 0.3 is 5.97 Å². The summed E-state index contributed by atoms with van der Waals surface area (Å²) >= 11 is 9.89. The fourth-order valence-corrected chi connectivity index (χ4v) is 4.10. The van der Waals surface area contributed by atoms with E-state index in [9.17, 15) is 9.59 Å². The third-order valence-electron chi connectivity index (χ3n) is 3.62. The van der Waals surface area contributed by atoms with E-state index in [2.05, 4.69) is 15.9 Å². The number of rotatable bonds is 4. The maximum Gasteiger partial charge on any atom is 0.335 e. The summed E-state index contributed by atoms with van der Waals surface area (Å²) in [6.45, 7) is 0. The molecule has 1 N–H and O–H groups in total. The highest BCUT2D eigenvalue weighted by Gasteiger charge is 2.33. The van der Waals surface area contributed by atoms with Crippen LogP contribution in [0.2, 0.25) is 0 Å². The summed E-state index contributed by atoms with van der Waals surface area (Å²) in [6, 6.07) is 11.6. The van der Waals surface area contributed by atoms with Crippen LogP contribution in [0.15, 0.2) is 51.8 Å². The van der Waals surface area contributed by atoms with Gasteiger partial charge in [0.25, 0.3) is 5.91 Å².